The number of nitrogens with zero attached hydrogens (tertiary/aromatic N) is 2. The van der Waals surface area contributed by atoms with Crippen molar-refractivity contribution in [3.05, 3.63) is 102 Å². The van der Waals surface area contributed by atoms with Gasteiger partial charge in [-0.15, -0.1) is 0 Å². The molecule has 0 atom stereocenters. The molecule has 0 bridgehead atoms. The van der Waals surface area contributed by atoms with E-state index in [1.165, 1.54) is 5.01 Å². The topological polar surface area (TPSA) is 78.8 Å². The smallest absolute Gasteiger partial charge is 0.271 e. The summed E-state index contributed by atoms with van der Waals surface area (Å²) in [6.07, 6.45) is 0.504. The number of carbonyl (C=O) groups excluding carboxylic acids is 3. The Labute approximate surface area is 180 Å². The van der Waals surface area contributed by atoms with E-state index in [4.69, 9.17) is 0 Å². The highest BCUT2D eigenvalue weighted by Gasteiger charge is 2.24. The second-order valence-electron chi connectivity index (χ2n) is 7.21. The number of hydrogen-bond donors (Lipinski definition) is 1. The number of ketones is 1. The Balaban J connectivity index is 1.48. The van der Waals surface area contributed by atoms with Gasteiger partial charge in [-0.05, 0) is 17.7 Å². The van der Waals surface area contributed by atoms with Crippen molar-refractivity contribution < 1.29 is 14.4 Å². The number of hydrazone groups is 1. The number of anilines is 1. The van der Waals surface area contributed by atoms with Gasteiger partial charge in [0.2, 0.25) is 5.91 Å². The summed E-state index contributed by atoms with van der Waals surface area (Å²) >= 11 is 0. The Kier molecular flexibility index (Phi) is 5.98. The molecule has 3 aromatic rings. The first kappa shape index (κ1) is 20.2. The van der Waals surface area contributed by atoms with Gasteiger partial charge >= 0.3 is 0 Å². The van der Waals surface area contributed by atoms with Gasteiger partial charge in [-0.1, -0.05) is 72.8 Å². The predicted octanol–water partition coefficient (Wildman–Crippen LogP) is 4.03. The van der Waals surface area contributed by atoms with Crippen LogP contribution in [0, 0.1) is 0 Å². The number of nitrogens with one attached hydrogen (secondary N) is 1. The van der Waals surface area contributed by atoms with Gasteiger partial charge in [0.1, 0.15) is 5.71 Å². The predicted molar refractivity (Wildman–Crippen MR) is 119 cm³/mol. The molecular weight excluding hydrogens is 390 g/mol. The van der Waals surface area contributed by atoms with E-state index in [-0.39, 0.29) is 36.2 Å². The zero-order valence-electron chi connectivity index (χ0n) is 16.8. The summed E-state index contributed by atoms with van der Waals surface area (Å²) in [7, 11) is 0. The zero-order chi connectivity index (χ0) is 21.6. The van der Waals surface area contributed by atoms with Crippen LogP contribution in [-0.4, -0.2) is 28.3 Å². The molecule has 4 rings (SSSR count). The molecular formula is C25H21N3O3. The second-order valence-corrected chi connectivity index (χ2v) is 7.21. The standard InChI is InChI=1S/C25H21N3O3/c29-23-15-14-22(27-28(23)17-18-8-3-1-4-9-18)25(31)26-21-13-7-12-20(16-21)24(30)19-10-5-2-6-11-19/h1-13,16H,14-15,17H2,(H,26,31). The molecule has 0 saturated carbocycles. The molecule has 2 amide bonds. The van der Waals surface area contributed by atoms with Crippen LogP contribution in [0.1, 0.15) is 34.3 Å². The Morgan fingerprint density at radius 2 is 1.52 bits per heavy atom. The van der Waals surface area contributed by atoms with Crippen molar-refractivity contribution in [1.29, 1.82) is 0 Å². The van der Waals surface area contributed by atoms with E-state index >= 15 is 0 Å². The van der Waals surface area contributed by atoms with Crippen molar-refractivity contribution in [2.45, 2.75) is 19.4 Å². The summed E-state index contributed by atoms with van der Waals surface area (Å²) in [5.74, 6) is -0.614. The third-order valence-electron chi connectivity index (χ3n) is 4.96. The highest BCUT2D eigenvalue weighted by Crippen LogP contribution is 2.17. The lowest BCUT2D eigenvalue weighted by Gasteiger charge is -2.23. The summed E-state index contributed by atoms with van der Waals surface area (Å²) in [5, 5.41) is 8.41. The van der Waals surface area contributed by atoms with Crippen LogP contribution in [0.4, 0.5) is 5.69 Å². The number of carbonyl (C=O) groups is 3. The molecule has 3 aromatic carbocycles. The van der Waals surface area contributed by atoms with Gasteiger partial charge < -0.3 is 5.32 Å². The van der Waals surface area contributed by atoms with Crippen LogP contribution in [0.5, 0.6) is 0 Å². The van der Waals surface area contributed by atoms with Crippen molar-refractivity contribution in [3.63, 3.8) is 0 Å². The second kappa shape index (κ2) is 9.17. The normalized spacial score (nSPS) is 13.5. The van der Waals surface area contributed by atoms with Gasteiger partial charge in [0.25, 0.3) is 5.91 Å². The van der Waals surface area contributed by atoms with E-state index in [1.54, 1.807) is 36.4 Å². The van der Waals surface area contributed by atoms with Crippen LogP contribution in [0.3, 0.4) is 0 Å². The summed E-state index contributed by atoms with van der Waals surface area (Å²) in [4.78, 5) is 37.6. The number of amides is 2. The Morgan fingerprint density at radius 1 is 0.839 bits per heavy atom. The minimum atomic E-state index is -0.380. The molecule has 154 valence electrons. The summed E-state index contributed by atoms with van der Waals surface area (Å²) < 4.78 is 0. The van der Waals surface area contributed by atoms with Crippen LogP contribution >= 0.6 is 0 Å². The van der Waals surface area contributed by atoms with Gasteiger partial charge in [-0.3, -0.25) is 14.4 Å². The van der Waals surface area contributed by atoms with Gasteiger partial charge in [0.15, 0.2) is 5.78 Å². The molecule has 31 heavy (non-hydrogen) atoms. The van der Waals surface area contributed by atoms with E-state index < -0.39 is 0 Å². The maximum atomic E-state index is 12.8. The zero-order valence-corrected chi connectivity index (χ0v) is 16.8. The van der Waals surface area contributed by atoms with Crippen LogP contribution in [-0.2, 0) is 16.1 Å². The summed E-state index contributed by atoms with van der Waals surface area (Å²) in [6, 6.07) is 25.3. The Hall–Kier alpha value is -4.06. The fourth-order valence-corrected chi connectivity index (χ4v) is 3.34. The van der Waals surface area contributed by atoms with E-state index in [2.05, 4.69) is 10.4 Å². The van der Waals surface area contributed by atoms with E-state index in [9.17, 15) is 14.4 Å². The third-order valence-corrected chi connectivity index (χ3v) is 4.96. The number of benzene rings is 3. The lowest BCUT2D eigenvalue weighted by atomic mass is 10.0. The highest BCUT2D eigenvalue weighted by atomic mass is 16.2. The van der Waals surface area contributed by atoms with Gasteiger partial charge in [0.05, 0.1) is 6.54 Å². The first-order valence-electron chi connectivity index (χ1n) is 10.0. The molecule has 1 aliphatic heterocycles. The van der Waals surface area contributed by atoms with Crippen LogP contribution in [0.2, 0.25) is 0 Å². The van der Waals surface area contributed by atoms with Crippen LogP contribution < -0.4 is 5.32 Å². The fourth-order valence-electron chi connectivity index (χ4n) is 3.34. The van der Waals surface area contributed by atoms with Crippen molar-refractivity contribution in [2.75, 3.05) is 5.32 Å². The molecule has 0 unspecified atom stereocenters. The average Bonchev–Trinajstić information content (AvgIpc) is 2.81. The maximum Gasteiger partial charge on any atom is 0.271 e. The molecule has 1 aliphatic rings. The average molecular weight is 411 g/mol. The quantitative estimate of drug-likeness (QED) is 0.622. The largest absolute Gasteiger partial charge is 0.321 e. The summed E-state index contributed by atoms with van der Waals surface area (Å²) in [6.45, 7) is 0.317. The van der Waals surface area contributed by atoms with Crippen molar-refractivity contribution in [1.82, 2.24) is 5.01 Å². The maximum absolute atomic E-state index is 12.8. The van der Waals surface area contributed by atoms with Gasteiger partial charge in [-0.2, -0.15) is 5.10 Å². The Morgan fingerprint density at radius 3 is 2.26 bits per heavy atom. The molecule has 1 N–H and O–H groups in total. The van der Waals surface area contributed by atoms with Gasteiger partial charge in [0, 0.05) is 29.7 Å². The van der Waals surface area contributed by atoms with E-state index in [1.807, 2.05) is 48.5 Å². The van der Waals surface area contributed by atoms with Crippen molar-refractivity contribution in [2.24, 2.45) is 5.10 Å². The van der Waals surface area contributed by atoms with Crippen molar-refractivity contribution in [3.8, 4) is 0 Å². The SMILES string of the molecule is O=C(Nc1cccc(C(=O)c2ccccc2)c1)C1=NN(Cc2ccccc2)C(=O)CC1. The first-order valence-corrected chi connectivity index (χ1v) is 10.0. The number of rotatable bonds is 6. The molecule has 0 fully saturated rings. The van der Waals surface area contributed by atoms with Crippen LogP contribution in [0.15, 0.2) is 90.0 Å². The minimum Gasteiger partial charge on any atom is -0.321 e. The molecule has 6 heteroatoms. The monoisotopic (exact) mass is 411 g/mol. The lowest BCUT2D eigenvalue weighted by Crippen LogP contribution is -2.36. The Bertz CT molecular complexity index is 1140. The highest BCUT2D eigenvalue weighted by molar-refractivity contribution is 6.43. The van der Waals surface area contributed by atoms with Crippen molar-refractivity contribution >= 4 is 29.0 Å². The molecule has 0 aromatic heterocycles. The third kappa shape index (κ3) is 4.93. The lowest BCUT2D eigenvalue weighted by molar-refractivity contribution is -0.132. The molecule has 0 aliphatic carbocycles. The fraction of sp³-hybridized carbons (Fsp3) is 0.120. The minimum absolute atomic E-state index is 0.115. The molecule has 0 spiro atoms. The summed E-state index contributed by atoms with van der Waals surface area (Å²) in [5.41, 5.74) is 2.79. The molecule has 1 heterocycles. The number of hydrogen-bond acceptors (Lipinski definition) is 4. The molecule has 0 radical (unpaired) electrons. The van der Waals surface area contributed by atoms with Crippen LogP contribution in [0.25, 0.3) is 0 Å². The van der Waals surface area contributed by atoms with E-state index in [0.29, 0.717) is 23.4 Å². The molecule has 6 nitrogen and oxygen atoms in total. The first-order chi connectivity index (χ1) is 15.1. The van der Waals surface area contributed by atoms with E-state index in [0.717, 1.165) is 5.56 Å². The van der Waals surface area contributed by atoms with Gasteiger partial charge in [-0.25, -0.2) is 5.01 Å². The molecule has 0 saturated heterocycles.